The molecule has 0 aromatic heterocycles. The fourth-order valence-corrected chi connectivity index (χ4v) is 3.82. The maximum atomic E-state index is 6.82. The molecule has 7 heteroatoms. The molecule has 3 aliphatic rings. The number of nitrogens with two attached hydrogens (primary N) is 3. The summed E-state index contributed by atoms with van der Waals surface area (Å²) in [6, 6.07) is 0. The van der Waals surface area contributed by atoms with Crippen LogP contribution in [0.4, 0.5) is 0 Å². The Morgan fingerprint density at radius 2 is 2.08 bits per heavy atom. The van der Waals surface area contributed by atoms with Crippen molar-refractivity contribution < 1.29 is 9.49 Å². The van der Waals surface area contributed by atoms with Gasteiger partial charge in [0.25, 0.3) is 0 Å². The summed E-state index contributed by atoms with van der Waals surface area (Å²) in [6.07, 6.45) is 17.6. The van der Waals surface area contributed by atoms with E-state index in [1.54, 1.807) is 0 Å². The summed E-state index contributed by atoms with van der Waals surface area (Å²) in [6.45, 7) is 1.55. The molecule has 0 radical (unpaired) electrons. The molecule has 2 unspecified atom stereocenters. The second-order valence-electron chi connectivity index (χ2n) is 6.97. The highest BCUT2D eigenvalue weighted by molar-refractivity contribution is 5.71. The zero-order valence-corrected chi connectivity index (χ0v) is 14.4. The fraction of sp³-hybridized carbons (Fsp3) is 0.389. The van der Waals surface area contributed by atoms with Crippen molar-refractivity contribution in [3.63, 3.8) is 0 Å². The van der Waals surface area contributed by atoms with Gasteiger partial charge >= 0.3 is 5.96 Å². The topological polar surface area (TPSA) is 128 Å². The number of nitrogens with zero attached hydrogens (tertiary/aromatic N) is 2. The molecule has 0 spiro atoms. The number of allylic oxidation sites excluding steroid dienone is 9. The van der Waals surface area contributed by atoms with E-state index in [1.807, 2.05) is 0 Å². The summed E-state index contributed by atoms with van der Waals surface area (Å²) in [5.74, 6) is 13.6. The van der Waals surface area contributed by atoms with Crippen LogP contribution in [0.25, 0.3) is 0 Å². The van der Waals surface area contributed by atoms with E-state index in [0.29, 0.717) is 31.5 Å². The van der Waals surface area contributed by atoms with Gasteiger partial charge in [-0.3, -0.25) is 11.1 Å². The lowest BCUT2D eigenvalue weighted by atomic mass is 9.74. The summed E-state index contributed by atoms with van der Waals surface area (Å²) in [7, 11) is 0. The lowest BCUT2D eigenvalue weighted by molar-refractivity contribution is -0.946. The van der Waals surface area contributed by atoms with Crippen molar-refractivity contribution in [2.45, 2.75) is 12.8 Å². The quantitative estimate of drug-likeness (QED) is 0.0956. The van der Waals surface area contributed by atoms with Crippen LogP contribution in [0.2, 0.25) is 0 Å². The van der Waals surface area contributed by atoms with E-state index in [9.17, 15) is 0 Å². The summed E-state index contributed by atoms with van der Waals surface area (Å²) in [4.78, 5) is 3.12. The third-order valence-corrected chi connectivity index (χ3v) is 4.99. The maximum Gasteiger partial charge on any atom is 0.462 e. The minimum Gasteiger partial charge on any atom is -0.275 e. The lowest BCUT2D eigenvalue weighted by Crippen LogP contribution is -2.63. The fourth-order valence-electron chi connectivity index (χ4n) is 3.82. The van der Waals surface area contributed by atoms with Crippen LogP contribution in [0.1, 0.15) is 12.8 Å². The second kappa shape index (κ2) is 7.21. The van der Waals surface area contributed by atoms with E-state index < -0.39 is 0 Å². The average Bonchev–Trinajstić information content (AvgIpc) is 2.75. The molecule has 0 amide bonds. The molecule has 0 bridgehead atoms. The zero-order valence-electron chi connectivity index (χ0n) is 14.4. The predicted octanol–water partition coefficient (Wildman–Crippen LogP) is 0.639. The van der Waals surface area contributed by atoms with Gasteiger partial charge in [0.2, 0.25) is 0 Å². The van der Waals surface area contributed by atoms with Crippen LogP contribution in [0, 0.1) is 17.4 Å². The Labute approximate surface area is 148 Å². The molecule has 3 aliphatic carbocycles. The molecular weight excluding hydrogens is 314 g/mol. The van der Waals surface area contributed by atoms with Gasteiger partial charge in [-0.25, -0.2) is 0 Å². The summed E-state index contributed by atoms with van der Waals surface area (Å²) in [5, 5.41) is 2.82. The molecule has 7 nitrogen and oxygen atoms in total. The molecule has 0 saturated heterocycles. The van der Waals surface area contributed by atoms with Crippen LogP contribution in [0.5, 0.6) is 0 Å². The molecule has 0 aromatic carbocycles. The molecule has 0 aliphatic heterocycles. The van der Waals surface area contributed by atoms with Gasteiger partial charge in [-0.15, -0.1) is 4.79 Å². The maximum absolute atomic E-state index is 6.82. The van der Waals surface area contributed by atoms with Gasteiger partial charge in [0, 0.05) is 5.92 Å². The van der Waals surface area contributed by atoms with Crippen LogP contribution in [0.3, 0.4) is 0 Å². The molecule has 132 valence electrons. The van der Waals surface area contributed by atoms with Gasteiger partial charge in [-0.1, -0.05) is 48.1 Å². The number of guanidine groups is 1. The first-order valence-electron chi connectivity index (χ1n) is 8.62. The molecule has 3 rings (SSSR count). The zero-order chi connectivity index (χ0) is 17.9. The van der Waals surface area contributed by atoms with Crippen molar-refractivity contribution in [2.24, 2.45) is 29.3 Å². The lowest BCUT2D eigenvalue weighted by Gasteiger charge is -2.29. The number of rotatable bonds is 5. The molecule has 0 heterocycles. The third-order valence-electron chi connectivity index (χ3n) is 4.99. The Morgan fingerprint density at radius 1 is 1.28 bits per heavy atom. The highest BCUT2D eigenvalue weighted by Gasteiger charge is 2.32. The van der Waals surface area contributed by atoms with Crippen LogP contribution >= 0.6 is 0 Å². The van der Waals surface area contributed by atoms with Gasteiger partial charge in [-0.05, 0) is 35.5 Å². The molecule has 25 heavy (non-hydrogen) atoms. The van der Waals surface area contributed by atoms with E-state index >= 15 is 0 Å². The smallest absolute Gasteiger partial charge is 0.275 e. The van der Waals surface area contributed by atoms with E-state index in [-0.39, 0.29) is 10.7 Å². The van der Waals surface area contributed by atoms with Crippen molar-refractivity contribution in [1.82, 2.24) is 5.32 Å². The third kappa shape index (κ3) is 4.15. The standard InChI is InChI=1S/C18H26N7/c19-18(24-20)23-9-10-25(21,22)12-13-7-8-15-5-1-3-14-4-2-6-16(11-13)17(14)15/h1-6,11,15,17,20H,7-10,12,21-22H2,(H2,19,23)/q+1/p+1. The first-order chi connectivity index (χ1) is 12.0. The largest absolute Gasteiger partial charge is 0.462 e. The number of nitrogens with one attached hydrogen (secondary N) is 2. The summed E-state index contributed by atoms with van der Waals surface area (Å²) >= 11 is 0. The number of hydrogen-bond donors (Lipinski definition) is 5. The minimum absolute atomic E-state index is 0.0722. The predicted molar refractivity (Wildman–Crippen MR) is 97.3 cm³/mol. The molecule has 2 atom stereocenters. The normalized spacial score (nSPS) is 24.3. The van der Waals surface area contributed by atoms with Crippen LogP contribution in [-0.2, 0) is 0 Å². The van der Waals surface area contributed by atoms with Crippen molar-refractivity contribution in [2.75, 3.05) is 19.6 Å². The SMILES string of the molecule is N=[N+]=C(N)NCC[N+](N)(N)CC1=CC2=CC=CC3=CC=CC(CC1)C32. The first-order valence-corrected chi connectivity index (χ1v) is 8.62. The molecular formula is C18H27N7+2. The molecule has 0 aromatic rings. The van der Waals surface area contributed by atoms with Crippen LogP contribution < -0.4 is 22.7 Å². The first kappa shape index (κ1) is 17.4. The van der Waals surface area contributed by atoms with Gasteiger partial charge < -0.3 is 0 Å². The van der Waals surface area contributed by atoms with Crippen molar-refractivity contribution >= 4 is 5.96 Å². The highest BCUT2D eigenvalue weighted by atomic mass is 15.7. The Bertz CT molecular complexity index is 733. The Balaban J connectivity index is 1.69. The van der Waals surface area contributed by atoms with Crippen LogP contribution in [-0.4, -0.2) is 35.1 Å². The highest BCUT2D eigenvalue weighted by Crippen LogP contribution is 2.41. The Hall–Kier alpha value is -2.44. The minimum atomic E-state index is -0.110. The number of hydrogen-bond acceptors (Lipinski definition) is 3. The number of quaternary nitrogens is 1. The summed E-state index contributed by atoms with van der Waals surface area (Å²) < 4.78 is -0.110. The van der Waals surface area contributed by atoms with Crippen molar-refractivity contribution in [1.29, 1.82) is 5.53 Å². The van der Waals surface area contributed by atoms with E-state index in [2.05, 4.69) is 52.6 Å². The summed E-state index contributed by atoms with van der Waals surface area (Å²) in [5.41, 5.74) is 16.3. The molecule has 8 N–H and O–H groups in total. The monoisotopic (exact) mass is 341 g/mol. The molecule has 0 saturated carbocycles. The Morgan fingerprint density at radius 3 is 2.88 bits per heavy atom. The van der Waals surface area contributed by atoms with E-state index in [4.69, 9.17) is 23.0 Å². The van der Waals surface area contributed by atoms with E-state index in [0.717, 1.165) is 12.8 Å². The second-order valence-corrected chi connectivity index (χ2v) is 6.97. The van der Waals surface area contributed by atoms with Gasteiger partial charge in [-0.2, -0.15) is 16.4 Å². The van der Waals surface area contributed by atoms with Crippen LogP contribution in [0.15, 0.2) is 59.3 Å². The average molecular weight is 341 g/mol. The van der Waals surface area contributed by atoms with Gasteiger partial charge in [0.1, 0.15) is 19.6 Å². The Kier molecular flexibility index (Phi) is 5.01. The van der Waals surface area contributed by atoms with Crippen molar-refractivity contribution in [3.8, 4) is 0 Å². The van der Waals surface area contributed by atoms with Crippen molar-refractivity contribution in [3.05, 3.63) is 59.3 Å². The molecule has 0 fully saturated rings. The van der Waals surface area contributed by atoms with E-state index in [1.165, 1.54) is 16.7 Å². The van der Waals surface area contributed by atoms with Gasteiger partial charge in [0.15, 0.2) is 0 Å². The van der Waals surface area contributed by atoms with Gasteiger partial charge in [0.05, 0.1) is 0 Å².